The molecule has 2 atom stereocenters. The molecule has 9 nitrogen and oxygen atoms in total. The number of fused-ring (bicyclic) bond motifs is 1. The van der Waals surface area contributed by atoms with Crippen LogP contribution in [-0.4, -0.2) is 78.9 Å². The Balaban J connectivity index is 1.95. The van der Waals surface area contributed by atoms with E-state index in [1.54, 1.807) is 37.6 Å². The minimum Gasteiger partial charge on any atom is -0.435 e. The van der Waals surface area contributed by atoms with Gasteiger partial charge in [0.05, 0.1) is 33.8 Å². The minimum absolute atomic E-state index is 0.0717. The van der Waals surface area contributed by atoms with Gasteiger partial charge in [0, 0.05) is 25.3 Å². The van der Waals surface area contributed by atoms with Gasteiger partial charge in [-0.3, -0.25) is 4.98 Å². The molecule has 0 spiro atoms. The number of aliphatic hydroxyl groups is 2. The summed E-state index contributed by atoms with van der Waals surface area (Å²) in [7, 11) is -3.78. The number of aryl methyl sites for hydroxylation is 1. The van der Waals surface area contributed by atoms with Crippen LogP contribution in [0.4, 0.5) is 5.82 Å². The molecule has 45 heavy (non-hydrogen) atoms. The number of nitrogens with zero attached hydrogens (tertiary/aromatic N) is 4. The number of aromatic nitrogens is 4. The van der Waals surface area contributed by atoms with Crippen LogP contribution in [0.5, 0.6) is 0 Å². The van der Waals surface area contributed by atoms with Gasteiger partial charge in [-0.25, -0.2) is 15.0 Å². The third kappa shape index (κ3) is 9.34. The SMILES string of the molecule is CSc1nc(C)c(-c2nc3cnccc3s2)c(NC(CC(CO)CO[Si](O[Si](C(C)C)C(C)C)(C(C)C)C(C)C)C(C)(C)O)n1. The van der Waals surface area contributed by atoms with Gasteiger partial charge in [0.2, 0.25) is 9.04 Å². The van der Waals surface area contributed by atoms with Gasteiger partial charge in [0.25, 0.3) is 0 Å². The van der Waals surface area contributed by atoms with Crippen molar-refractivity contribution in [2.45, 2.75) is 122 Å². The van der Waals surface area contributed by atoms with Gasteiger partial charge in [-0.2, -0.15) is 0 Å². The molecule has 13 heteroatoms. The molecule has 0 amide bonds. The lowest BCUT2D eigenvalue weighted by atomic mass is 9.89. The summed E-state index contributed by atoms with van der Waals surface area (Å²) in [6, 6.07) is 1.51. The lowest BCUT2D eigenvalue weighted by molar-refractivity contribution is 0.0383. The predicted octanol–water partition coefficient (Wildman–Crippen LogP) is 7.84. The van der Waals surface area contributed by atoms with Crippen molar-refractivity contribution in [3.63, 3.8) is 0 Å². The molecule has 0 fully saturated rings. The van der Waals surface area contributed by atoms with Crippen LogP contribution in [0.15, 0.2) is 23.6 Å². The van der Waals surface area contributed by atoms with E-state index in [-0.39, 0.29) is 23.6 Å². The van der Waals surface area contributed by atoms with E-state index >= 15 is 0 Å². The fourth-order valence-corrected chi connectivity index (χ4v) is 16.5. The summed E-state index contributed by atoms with van der Waals surface area (Å²) < 4.78 is 15.1. The van der Waals surface area contributed by atoms with Crippen LogP contribution in [0.1, 0.15) is 81.4 Å². The minimum atomic E-state index is -2.66. The highest BCUT2D eigenvalue weighted by Gasteiger charge is 2.48. The largest absolute Gasteiger partial charge is 0.435 e. The maximum atomic E-state index is 11.4. The lowest BCUT2D eigenvalue weighted by Crippen LogP contribution is -2.54. The number of thioether (sulfide) groups is 1. The first-order valence-electron chi connectivity index (χ1n) is 16.0. The number of hydrogen-bond donors (Lipinski definition) is 3. The molecular weight excluding hydrogens is 639 g/mol. The van der Waals surface area contributed by atoms with Crippen molar-refractivity contribution in [3.8, 4) is 10.6 Å². The van der Waals surface area contributed by atoms with Crippen molar-refractivity contribution >= 4 is 56.7 Å². The Morgan fingerprint density at radius 3 is 2.20 bits per heavy atom. The molecule has 0 aliphatic carbocycles. The van der Waals surface area contributed by atoms with Gasteiger partial charge in [0.15, 0.2) is 5.16 Å². The fourth-order valence-electron chi connectivity index (χ4n) is 5.70. The van der Waals surface area contributed by atoms with Crippen LogP contribution >= 0.6 is 23.1 Å². The van der Waals surface area contributed by atoms with Crippen molar-refractivity contribution in [2.24, 2.45) is 5.92 Å². The topological polar surface area (TPSA) is 123 Å². The van der Waals surface area contributed by atoms with E-state index < -0.39 is 29.2 Å². The second-order valence-electron chi connectivity index (χ2n) is 13.7. The Bertz CT molecular complexity index is 1330. The van der Waals surface area contributed by atoms with Gasteiger partial charge in [0.1, 0.15) is 16.3 Å². The van der Waals surface area contributed by atoms with E-state index in [1.807, 2.05) is 19.2 Å². The first-order chi connectivity index (χ1) is 21.0. The third-order valence-electron chi connectivity index (χ3n) is 8.22. The standard InChI is InChI=1S/C32H54N5O4S2Si2/c1-19(2)44(20(3)4)41-45(21(5)6,22(7)8)40-18-24(17-38)15-27(32(10,11)39)36-29-28(23(9)34-31(37-29)42-12)30-35-25-16-33-14-13-26(25)43-30/h13-14,16,19-22,24,27,38-39H,15,17-18H2,1-12H3,(H,34,36,37). The maximum Gasteiger partial charge on any atom is 0.333 e. The number of thiazole rings is 1. The number of pyridine rings is 1. The summed E-state index contributed by atoms with van der Waals surface area (Å²) in [5.74, 6) is 0.386. The van der Waals surface area contributed by atoms with E-state index in [0.29, 0.717) is 35.1 Å². The molecule has 3 rings (SSSR count). The Kier molecular flexibility index (Phi) is 13.6. The molecule has 0 aliphatic heterocycles. The molecule has 0 saturated heterocycles. The van der Waals surface area contributed by atoms with Gasteiger partial charge in [-0.1, -0.05) is 67.2 Å². The molecule has 3 aromatic rings. The van der Waals surface area contributed by atoms with Crippen LogP contribution in [0.2, 0.25) is 22.2 Å². The van der Waals surface area contributed by atoms with Crippen LogP contribution in [0, 0.1) is 12.8 Å². The van der Waals surface area contributed by atoms with Gasteiger partial charge >= 0.3 is 8.56 Å². The number of aliphatic hydroxyl groups excluding tert-OH is 1. The Morgan fingerprint density at radius 2 is 1.69 bits per heavy atom. The van der Waals surface area contributed by atoms with E-state index in [2.05, 4.69) is 65.7 Å². The predicted molar refractivity (Wildman–Crippen MR) is 193 cm³/mol. The van der Waals surface area contributed by atoms with Crippen molar-refractivity contribution in [3.05, 3.63) is 24.2 Å². The number of rotatable bonds is 17. The third-order valence-corrected chi connectivity index (χ3v) is 18.1. The Hall–Kier alpha value is -1.46. The highest BCUT2D eigenvalue weighted by Crippen LogP contribution is 2.40. The number of nitrogens with one attached hydrogen (secondary N) is 1. The monoisotopic (exact) mass is 692 g/mol. The average molecular weight is 693 g/mol. The zero-order valence-electron chi connectivity index (χ0n) is 29.1. The van der Waals surface area contributed by atoms with Crippen molar-refractivity contribution in [1.29, 1.82) is 0 Å². The van der Waals surface area contributed by atoms with Crippen LogP contribution in [0.25, 0.3) is 20.8 Å². The van der Waals surface area contributed by atoms with E-state index in [1.165, 1.54) is 11.8 Å². The van der Waals surface area contributed by atoms with Crippen molar-refractivity contribution in [2.75, 3.05) is 24.8 Å². The zero-order chi connectivity index (χ0) is 33.7. The summed E-state index contributed by atoms with van der Waals surface area (Å²) in [4.78, 5) is 18.6. The van der Waals surface area contributed by atoms with Crippen LogP contribution in [0.3, 0.4) is 0 Å². The Morgan fingerprint density at radius 1 is 1.04 bits per heavy atom. The molecule has 0 bridgehead atoms. The summed E-state index contributed by atoms with van der Waals surface area (Å²) in [5.41, 5.74) is 2.71. The van der Waals surface area contributed by atoms with Gasteiger partial charge < -0.3 is 24.1 Å². The zero-order valence-corrected chi connectivity index (χ0v) is 32.8. The number of anilines is 1. The van der Waals surface area contributed by atoms with Crippen molar-refractivity contribution in [1.82, 2.24) is 19.9 Å². The molecule has 3 aromatic heterocycles. The Labute approximate surface area is 281 Å². The van der Waals surface area contributed by atoms with E-state index in [4.69, 9.17) is 23.5 Å². The fraction of sp³-hybridized carbons (Fsp3) is 0.688. The first kappa shape index (κ1) is 38.0. The van der Waals surface area contributed by atoms with Crippen LogP contribution < -0.4 is 5.32 Å². The molecule has 0 saturated carbocycles. The maximum absolute atomic E-state index is 11.4. The highest BCUT2D eigenvalue weighted by atomic mass is 32.2. The van der Waals surface area contributed by atoms with Crippen molar-refractivity contribution < 1.29 is 18.8 Å². The van der Waals surface area contributed by atoms with E-state index in [9.17, 15) is 10.2 Å². The molecule has 3 heterocycles. The lowest BCUT2D eigenvalue weighted by Gasteiger charge is -2.43. The second-order valence-corrected chi connectivity index (χ2v) is 23.4. The summed E-state index contributed by atoms with van der Waals surface area (Å²) in [6.45, 7) is 23.7. The molecule has 0 aliphatic rings. The summed E-state index contributed by atoms with van der Waals surface area (Å²) >= 11 is 3.03. The summed E-state index contributed by atoms with van der Waals surface area (Å²) in [5, 5.41) is 27.1. The second kappa shape index (κ2) is 16.1. The van der Waals surface area contributed by atoms with Gasteiger partial charge in [-0.05, 0) is 61.7 Å². The smallest absolute Gasteiger partial charge is 0.333 e. The highest BCUT2D eigenvalue weighted by molar-refractivity contribution is 7.98. The molecule has 1 radical (unpaired) electrons. The first-order valence-corrected chi connectivity index (χ1v) is 21.5. The molecule has 251 valence electrons. The van der Waals surface area contributed by atoms with E-state index in [0.717, 1.165) is 26.5 Å². The van der Waals surface area contributed by atoms with Crippen LogP contribution in [-0.2, 0) is 8.54 Å². The quantitative estimate of drug-likeness (QED) is 0.0733. The molecule has 0 aromatic carbocycles. The summed E-state index contributed by atoms with van der Waals surface area (Å²) in [6.07, 6.45) is 5.93. The molecule has 3 N–H and O–H groups in total. The average Bonchev–Trinajstić information content (AvgIpc) is 3.38. The normalized spacial score (nSPS) is 14.5. The molecular formula is C32H54N5O4S2Si2. The van der Waals surface area contributed by atoms with Gasteiger partial charge in [-0.15, -0.1) is 11.3 Å². The number of hydrogen-bond acceptors (Lipinski definition) is 11. The molecule has 2 unspecified atom stereocenters.